The van der Waals surface area contributed by atoms with Crippen LogP contribution < -0.4 is 5.32 Å². The molecule has 1 atom stereocenters. The second-order valence-electron chi connectivity index (χ2n) is 5.43. The Hall–Kier alpha value is -0.900. The maximum Gasteiger partial charge on any atom is 0.0626 e. The van der Waals surface area contributed by atoms with Gasteiger partial charge in [0.2, 0.25) is 0 Å². The van der Waals surface area contributed by atoms with Crippen LogP contribution in [-0.4, -0.2) is 42.3 Å². The standard InChI is InChI=1S/C16H26N2O/c1-2-10-18-11-8-15(9-12-18)17-16(13-19)14-6-4-3-5-7-14/h3-7,15-17,19H,2,8-13H2,1H3/t16-/m0/s1. The largest absolute Gasteiger partial charge is 0.394 e. The molecule has 0 aliphatic carbocycles. The summed E-state index contributed by atoms with van der Waals surface area (Å²) in [6.45, 7) is 5.98. The van der Waals surface area contributed by atoms with Gasteiger partial charge < -0.3 is 15.3 Å². The highest BCUT2D eigenvalue weighted by Crippen LogP contribution is 2.17. The number of rotatable bonds is 6. The minimum Gasteiger partial charge on any atom is -0.394 e. The van der Waals surface area contributed by atoms with Crippen LogP contribution in [0.5, 0.6) is 0 Å². The highest BCUT2D eigenvalue weighted by molar-refractivity contribution is 5.19. The minimum absolute atomic E-state index is 0.0731. The van der Waals surface area contributed by atoms with Gasteiger partial charge in [-0.05, 0) is 44.5 Å². The molecule has 2 rings (SSSR count). The lowest BCUT2D eigenvalue weighted by molar-refractivity contribution is 0.172. The Morgan fingerprint density at radius 1 is 1.26 bits per heavy atom. The van der Waals surface area contributed by atoms with E-state index in [1.807, 2.05) is 18.2 Å². The first-order chi connectivity index (χ1) is 9.33. The van der Waals surface area contributed by atoms with Crippen molar-refractivity contribution in [3.8, 4) is 0 Å². The van der Waals surface area contributed by atoms with E-state index in [4.69, 9.17) is 0 Å². The van der Waals surface area contributed by atoms with E-state index in [1.165, 1.54) is 44.5 Å². The Bertz CT molecular complexity index is 347. The number of hydrogen-bond acceptors (Lipinski definition) is 3. The van der Waals surface area contributed by atoms with E-state index in [2.05, 4.69) is 29.3 Å². The average Bonchev–Trinajstić information content (AvgIpc) is 2.48. The first-order valence-corrected chi connectivity index (χ1v) is 7.47. The van der Waals surface area contributed by atoms with Crippen LogP contribution in [-0.2, 0) is 0 Å². The van der Waals surface area contributed by atoms with Crippen LogP contribution in [0, 0.1) is 0 Å². The van der Waals surface area contributed by atoms with Crippen molar-refractivity contribution >= 4 is 0 Å². The number of nitrogens with zero attached hydrogens (tertiary/aromatic N) is 1. The predicted molar refractivity (Wildman–Crippen MR) is 79.2 cm³/mol. The van der Waals surface area contributed by atoms with Gasteiger partial charge in [0.25, 0.3) is 0 Å². The van der Waals surface area contributed by atoms with E-state index >= 15 is 0 Å². The molecule has 3 nitrogen and oxygen atoms in total. The van der Waals surface area contributed by atoms with Gasteiger partial charge in [-0.15, -0.1) is 0 Å². The quantitative estimate of drug-likeness (QED) is 0.825. The van der Waals surface area contributed by atoms with Gasteiger partial charge in [-0.2, -0.15) is 0 Å². The van der Waals surface area contributed by atoms with Gasteiger partial charge in [-0.25, -0.2) is 0 Å². The molecule has 1 aliphatic heterocycles. The Labute approximate surface area is 116 Å². The van der Waals surface area contributed by atoms with Crippen LogP contribution in [0.4, 0.5) is 0 Å². The average molecular weight is 262 g/mol. The number of aliphatic hydroxyl groups excluding tert-OH is 1. The number of nitrogens with one attached hydrogen (secondary N) is 1. The normalized spacial score (nSPS) is 19.5. The van der Waals surface area contributed by atoms with E-state index in [1.54, 1.807) is 0 Å². The first kappa shape index (κ1) is 14.5. The molecule has 0 bridgehead atoms. The van der Waals surface area contributed by atoms with E-state index in [-0.39, 0.29) is 12.6 Å². The van der Waals surface area contributed by atoms with Crippen molar-refractivity contribution in [2.45, 2.75) is 38.3 Å². The van der Waals surface area contributed by atoms with Gasteiger partial charge in [0.1, 0.15) is 0 Å². The molecule has 0 aromatic heterocycles. The van der Waals surface area contributed by atoms with Crippen molar-refractivity contribution in [3.63, 3.8) is 0 Å². The molecule has 1 fully saturated rings. The van der Waals surface area contributed by atoms with E-state index < -0.39 is 0 Å². The highest BCUT2D eigenvalue weighted by Gasteiger charge is 2.21. The molecule has 1 heterocycles. The zero-order chi connectivity index (χ0) is 13.5. The Balaban J connectivity index is 1.84. The summed E-state index contributed by atoms with van der Waals surface area (Å²) in [7, 11) is 0. The summed E-state index contributed by atoms with van der Waals surface area (Å²) >= 11 is 0. The molecule has 1 aliphatic rings. The van der Waals surface area contributed by atoms with Crippen molar-refractivity contribution in [1.82, 2.24) is 10.2 Å². The van der Waals surface area contributed by atoms with Gasteiger partial charge in [-0.3, -0.25) is 0 Å². The smallest absolute Gasteiger partial charge is 0.0626 e. The lowest BCUT2D eigenvalue weighted by Gasteiger charge is -2.34. The van der Waals surface area contributed by atoms with Crippen LogP contribution in [0.15, 0.2) is 30.3 Å². The van der Waals surface area contributed by atoms with Crippen LogP contribution in [0.2, 0.25) is 0 Å². The molecule has 19 heavy (non-hydrogen) atoms. The summed E-state index contributed by atoms with van der Waals surface area (Å²) in [5.74, 6) is 0. The topological polar surface area (TPSA) is 35.5 Å². The van der Waals surface area contributed by atoms with Crippen molar-refractivity contribution in [2.75, 3.05) is 26.2 Å². The summed E-state index contributed by atoms with van der Waals surface area (Å²) < 4.78 is 0. The summed E-state index contributed by atoms with van der Waals surface area (Å²) in [6, 6.07) is 10.9. The number of aliphatic hydroxyl groups is 1. The van der Waals surface area contributed by atoms with Crippen LogP contribution in [0.1, 0.15) is 37.8 Å². The fourth-order valence-electron chi connectivity index (χ4n) is 2.86. The fourth-order valence-corrected chi connectivity index (χ4v) is 2.86. The molecular weight excluding hydrogens is 236 g/mol. The van der Waals surface area contributed by atoms with Gasteiger partial charge in [0.05, 0.1) is 12.6 Å². The van der Waals surface area contributed by atoms with E-state index in [0.717, 1.165) is 0 Å². The number of piperidine rings is 1. The molecule has 0 spiro atoms. The van der Waals surface area contributed by atoms with Crippen molar-refractivity contribution in [3.05, 3.63) is 35.9 Å². The van der Waals surface area contributed by atoms with Gasteiger partial charge in [-0.1, -0.05) is 37.3 Å². The third kappa shape index (κ3) is 4.30. The number of likely N-dealkylation sites (tertiary alicyclic amines) is 1. The number of benzene rings is 1. The second kappa shape index (κ2) is 7.63. The van der Waals surface area contributed by atoms with Gasteiger partial charge in [0, 0.05) is 6.04 Å². The molecule has 1 saturated heterocycles. The number of hydrogen-bond donors (Lipinski definition) is 2. The molecule has 0 amide bonds. The van der Waals surface area contributed by atoms with Gasteiger partial charge in [0.15, 0.2) is 0 Å². The molecule has 106 valence electrons. The molecule has 0 radical (unpaired) electrons. The fraction of sp³-hybridized carbons (Fsp3) is 0.625. The molecule has 2 N–H and O–H groups in total. The molecule has 0 saturated carbocycles. The minimum atomic E-state index is 0.0731. The third-order valence-electron chi connectivity index (χ3n) is 3.95. The Kier molecular flexibility index (Phi) is 5.83. The molecule has 0 unspecified atom stereocenters. The summed E-state index contributed by atoms with van der Waals surface area (Å²) in [6.07, 6.45) is 3.61. The molecule has 1 aromatic carbocycles. The zero-order valence-corrected chi connectivity index (χ0v) is 11.9. The summed E-state index contributed by atoms with van der Waals surface area (Å²) in [4.78, 5) is 2.54. The summed E-state index contributed by atoms with van der Waals surface area (Å²) in [5, 5.41) is 13.2. The third-order valence-corrected chi connectivity index (χ3v) is 3.95. The molecule has 1 aromatic rings. The Morgan fingerprint density at radius 2 is 1.95 bits per heavy atom. The van der Waals surface area contributed by atoms with Crippen LogP contribution >= 0.6 is 0 Å². The Morgan fingerprint density at radius 3 is 2.53 bits per heavy atom. The predicted octanol–water partition coefficient (Wildman–Crippen LogP) is 2.18. The lowest BCUT2D eigenvalue weighted by atomic mass is 10.0. The maximum atomic E-state index is 9.57. The van der Waals surface area contributed by atoms with Crippen LogP contribution in [0.25, 0.3) is 0 Å². The van der Waals surface area contributed by atoms with Crippen LogP contribution in [0.3, 0.4) is 0 Å². The van der Waals surface area contributed by atoms with Crippen molar-refractivity contribution in [2.24, 2.45) is 0 Å². The van der Waals surface area contributed by atoms with Crippen molar-refractivity contribution in [1.29, 1.82) is 0 Å². The van der Waals surface area contributed by atoms with Crippen molar-refractivity contribution < 1.29 is 5.11 Å². The molecular formula is C16H26N2O. The SMILES string of the molecule is CCCN1CCC(N[C@@H](CO)c2ccccc2)CC1. The van der Waals surface area contributed by atoms with Gasteiger partial charge >= 0.3 is 0 Å². The molecule has 3 heteroatoms. The highest BCUT2D eigenvalue weighted by atomic mass is 16.3. The zero-order valence-electron chi connectivity index (χ0n) is 11.9. The second-order valence-corrected chi connectivity index (χ2v) is 5.43. The van der Waals surface area contributed by atoms with E-state index in [9.17, 15) is 5.11 Å². The maximum absolute atomic E-state index is 9.57. The monoisotopic (exact) mass is 262 g/mol. The van der Waals surface area contributed by atoms with E-state index in [0.29, 0.717) is 6.04 Å². The summed E-state index contributed by atoms with van der Waals surface area (Å²) in [5.41, 5.74) is 1.18. The lowest BCUT2D eigenvalue weighted by Crippen LogP contribution is -2.44. The first-order valence-electron chi connectivity index (χ1n) is 7.47.